The number of carbonyl (C=O) groups excluding carboxylic acids is 1. The van der Waals surface area contributed by atoms with Gasteiger partial charge in [-0.1, -0.05) is 0 Å². The predicted octanol–water partition coefficient (Wildman–Crippen LogP) is 1.39. The van der Waals surface area contributed by atoms with Gasteiger partial charge in [-0.15, -0.1) is 0 Å². The molecule has 3 N–H and O–H groups in total. The number of anilines is 2. The summed E-state index contributed by atoms with van der Waals surface area (Å²) < 4.78 is 11.9. The summed E-state index contributed by atoms with van der Waals surface area (Å²) in [6.45, 7) is 7.88. The highest BCUT2D eigenvalue weighted by Gasteiger charge is 2.36. The maximum Gasteiger partial charge on any atom is 0.317 e. The summed E-state index contributed by atoms with van der Waals surface area (Å²) in [5.74, 6) is 1.29. The largest absolute Gasteiger partial charge is 0.474 e. The number of morpholine rings is 1. The first-order valence-electron chi connectivity index (χ1n) is 13.2. The van der Waals surface area contributed by atoms with E-state index in [0.29, 0.717) is 43.8 Å². The number of likely N-dealkylation sites (tertiary alicyclic amines) is 1. The Morgan fingerprint density at radius 1 is 1.22 bits per heavy atom. The normalized spacial score (nSPS) is 23.9. The van der Waals surface area contributed by atoms with E-state index < -0.39 is 0 Å². The second-order valence-electron chi connectivity index (χ2n) is 10.1. The Kier molecular flexibility index (Phi) is 7.85. The average molecular weight is 512 g/mol. The van der Waals surface area contributed by atoms with Gasteiger partial charge in [0.05, 0.1) is 24.9 Å². The summed E-state index contributed by atoms with van der Waals surface area (Å²) in [7, 11) is 1.86. The molecule has 0 bridgehead atoms. The first-order chi connectivity index (χ1) is 18.0. The molecule has 0 spiro atoms. The number of nitrogens with two attached hydrogens (primary N) is 1. The summed E-state index contributed by atoms with van der Waals surface area (Å²) in [5.41, 5.74) is 7.08. The Balaban J connectivity index is 1.20. The SMILES string of the molecule is C[C@H]1COCCN1c1nc(OC2CC(N(C)C(=O)NCCN3CCCC3)C2)cc(-c2cnc(N)nc2)n1. The van der Waals surface area contributed by atoms with E-state index in [9.17, 15) is 4.79 Å². The number of nitrogens with zero attached hydrogens (tertiary/aromatic N) is 7. The van der Waals surface area contributed by atoms with Crippen LogP contribution in [0, 0.1) is 0 Å². The summed E-state index contributed by atoms with van der Waals surface area (Å²) in [6.07, 6.45) is 7.30. The third-order valence-electron chi connectivity index (χ3n) is 7.41. The molecule has 2 aromatic heterocycles. The molecule has 3 fully saturated rings. The predicted molar refractivity (Wildman–Crippen MR) is 139 cm³/mol. The van der Waals surface area contributed by atoms with Gasteiger partial charge in [0, 0.05) is 69.6 Å². The van der Waals surface area contributed by atoms with Gasteiger partial charge in [0.25, 0.3) is 0 Å². The number of amides is 2. The van der Waals surface area contributed by atoms with Crippen LogP contribution in [0.25, 0.3) is 11.3 Å². The fourth-order valence-electron chi connectivity index (χ4n) is 4.98. The van der Waals surface area contributed by atoms with Gasteiger partial charge in [-0.25, -0.2) is 19.7 Å². The number of aromatic nitrogens is 4. The fraction of sp³-hybridized carbons (Fsp3) is 0.640. The van der Waals surface area contributed by atoms with E-state index in [-0.39, 0.29) is 30.2 Å². The molecular formula is C25H37N9O3. The van der Waals surface area contributed by atoms with Crippen LogP contribution in [0.3, 0.4) is 0 Å². The van der Waals surface area contributed by atoms with E-state index >= 15 is 0 Å². The zero-order valence-corrected chi connectivity index (χ0v) is 21.7. The van der Waals surface area contributed by atoms with E-state index in [4.69, 9.17) is 25.2 Å². The van der Waals surface area contributed by atoms with Gasteiger partial charge in [0.2, 0.25) is 17.8 Å². The zero-order valence-electron chi connectivity index (χ0n) is 21.7. The number of nitrogens with one attached hydrogen (secondary N) is 1. The van der Waals surface area contributed by atoms with Gasteiger partial charge in [-0.2, -0.15) is 4.98 Å². The molecule has 5 rings (SSSR count). The van der Waals surface area contributed by atoms with Gasteiger partial charge in [-0.05, 0) is 32.9 Å². The van der Waals surface area contributed by atoms with Gasteiger partial charge in [0.1, 0.15) is 6.10 Å². The topological polar surface area (TPSA) is 135 Å². The molecule has 4 heterocycles. The molecule has 37 heavy (non-hydrogen) atoms. The molecule has 0 aromatic carbocycles. The van der Waals surface area contributed by atoms with Gasteiger partial charge in [-0.3, -0.25) is 0 Å². The second-order valence-corrected chi connectivity index (χ2v) is 10.1. The highest BCUT2D eigenvalue weighted by Crippen LogP contribution is 2.31. The number of ether oxygens (including phenoxy) is 2. The van der Waals surface area contributed by atoms with Crippen LogP contribution in [0.15, 0.2) is 18.5 Å². The summed E-state index contributed by atoms with van der Waals surface area (Å²) in [6, 6.07) is 2.07. The molecule has 12 nitrogen and oxygen atoms in total. The van der Waals surface area contributed by atoms with Crippen molar-refractivity contribution in [3.05, 3.63) is 18.5 Å². The van der Waals surface area contributed by atoms with E-state index in [1.54, 1.807) is 17.3 Å². The summed E-state index contributed by atoms with van der Waals surface area (Å²) >= 11 is 0. The molecule has 2 aliphatic heterocycles. The van der Waals surface area contributed by atoms with Crippen LogP contribution in [0.5, 0.6) is 5.88 Å². The molecule has 2 saturated heterocycles. The lowest BCUT2D eigenvalue weighted by Gasteiger charge is -2.40. The molecule has 0 radical (unpaired) electrons. The van der Waals surface area contributed by atoms with Crippen molar-refractivity contribution in [1.82, 2.24) is 35.1 Å². The summed E-state index contributed by atoms with van der Waals surface area (Å²) in [5, 5.41) is 3.05. The van der Waals surface area contributed by atoms with Crippen LogP contribution < -0.4 is 20.7 Å². The smallest absolute Gasteiger partial charge is 0.317 e. The Hall–Kier alpha value is -3.25. The molecule has 200 valence electrons. The Morgan fingerprint density at radius 3 is 2.70 bits per heavy atom. The molecule has 0 unspecified atom stereocenters. The third-order valence-corrected chi connectivity index (χ3v) is 7.41. The summed E-state index contributed by atoms with van der Waals surface area (Å²) in [4.78, 5) is 36.6. The molecule has 1 saturated carbocycles. The van der Waals surface area contributed by atoms with Crippen molar-refractivity contribution in [1.29, 1.82) is 0 Å². The van der Waals surface area contributed by atoms with Crippen molar-refractivity contribution >= 4 is 17.9 Å². The second kappa shape index (κ2) is 11.4. The lowest BCUT2D eigenvalue weighted by atomic mass is 9.88. The van der Waals surface area contributed by atoms with Crippen LogP contribution in [0.4, 0.5) is 16.7 Å². The van der Waals surface area contributed by atoms with Crippen LogP contribution in [-0.4, -0.2) is 107 Å². The van der Waals surface area contributed by atoms with E-state index in [1.807, 2.05) is 13.1 Å². The van der Waals surface area contributed by atoms with Crippen LogP contribution in [0.1, 0.15) is 32.6 Å². The number of carbonyl (C=O) groups is 1. The standard InChI is InChI=1S/C25H37N9O3/c1-17-16-36-10-9-34(17)24-30-21(18-14-28-23(26)29-15-18)13-22(31-24)37-20-11-19(12-20)32(2)25(35)27-5-8-33-6-3-4-7-33/h13-15,17,19-20H,3-12,16H2,1-2H3,(H,27,35)(H2,26,28,29)/t17-,19?,20?/m0/s1. The molecule has 2 amide bonds. The Bertz CT molecular complexity index is 1060. The molecule has 12 heteroatoms. The lowest BCUT2D eigenvalue weighted by molar-refractivity contribution is 0.0404. The first kappa shape index (κ1) is 25.4. The average Bonchev–Trinajstić information content (AvgIpc) is 3.39. The lowest BCUT2D eigenvalue weighted by Crippen LogP contribution is -2.53. The van der Waals surface area contributed by atoms with E-state index in [1.165, 1.54) is 12.8 Å². The van der Waals surface area contributed by atoms with Crippen molar-refractivity contribution in [2.24, 2.45) is 0 Å². The number of hydrogen-bond acceptors (Lipinski definition) is 10. The van der Waals surface area contributed by atoms with Gasteiger partial charge in [0.15, 0.2) is 0 Å². The van der Waals surface area contributed by atoms with Crippen molar-refractivity contribution in [3.63, 3.8) is 0 Å². The maximum absolute atomic E-state index is 12.6. The third kappa shape index (κ3) is 6.19. The van der Waals surface area contributed by atoms with Crippen molar-refractivity contribution in [2.45, 2.75) is 50.8 Å². The molecule has 3 aliphatic rings. The minimum atomic E-state index is -0.0288. The van der Waals surface area contributed by atoms with Crippen LogP contribution in [0.2, 0.25) is 0 Å². The molecule has 1 atom stereocenters. The minimum Gasteiger partial charge on any atom is -0.474 e. The molecular weight excluding hydrogens is 474 g/mol. The van der Waals surface area contributed by atoms with Crippen molar-refractivity contribution in [3.8, 4) is 17.1 Å². The number of rotatable bonds is 8. The highest BCUT2D eigenvalue weighted by atomic mass is 16.5. The Labute approximate surface area is 217 Å². The molecule has 1 aliphatic carbocycles. The van der Waals surface area contributed by atoms with Crippen molar-refractivity contribution < 1.29 is 14.3 Å². The Morgan fingerprint density at radius 2 is 1.97 bits per heavy atom. The monoisotopic (exact) mass is 511 g/mol. The molecule has 2 aromatic rings. The maximum atomic E-state index is 12.6. The highest BCUT2D eigenvalue weighted by molar-refractivity contribution is 5.74. The first-order valence-corrected chi connectivity index (χ1v) is 13.2. The minimum absolute atomic E-state index is 0.0229. The fourth-order valence-corrected chi connectivity index (χ4v) is 4.98. The quantitative estimate of drug-likeness (QED) is 0.535. The van der Waals surface area contributed by atoms with E-state index in [0.717, 1.165) is 38.0 Å². The van der Waals surface area contributed by atoms with Crippen LogP contribution >= 0.6 is 0 Å². The van der Waals surface area contributed by atoms with Crippen molar-refractivity contribution in [2.75, 3.05) is 63.6 Å². The number of hydrogen-bond donors (Lipinski definition) is 2. The van der Waals surface area contributed by atoms with Gasteiger partial charge < -0.3 is 35.2 Å². The number of nitrogen functional groups attached to an aromatic ring is 1. The van der Waals surface area contributed by atoms with E-state index in [2.05, 4.69) is 32.0 Å². The number of urea groups is 1. The van der Waals surface area contributed by atoms with Crippen LogP contribution in [-0.2, 0) is 4.74 Å². The van der Waals surface area contributed by atoms with Gasteiger partial charge >= 0.3 is 6.03 Å². The zero-order chi connectivity index (χ0) is 25.8.